The molecule has 2 amide bonds. The monoisotopic (exact) mass is 379 g/mol. The van der Waals surface area contributed by atoms with Gasteiger partial charge in [0.15, 0.2) is 0 Å². The first-order valence-corrected chi connectivity index (χ1v) is 9.52. The van der Waals surface area contributed by atoms with Crippen molar-refractivity contribution in [3.05, 3.63) is 106 Å². The number of amides is 2. The number of hydrogen-bond acceptors (Lipinski definition) is 2. The molecule has 142 valence electrons. The third-order valence-electron chi connectivity index (χ3n) is 5.52. The van der Waals surface area contributed by atoms with Gasteiger partial charge in [-0.2, -0.15) is 0 Å². The number of imide groups is 1. The van der Waals surface area contributed by atoms with E-state index in [2.05, 4.69) is 37.8 Å². The zero-order chi connectivity index (χ0) is 20.6. The molecule has 4 rings (SSSR count). The fourth-order valence-electron chi connectivity index (χ4n) is 3.57. The van der Waals surface area contributed by atoms with Gasteiger partial charge < -0.3 is 0 Å². The summed E-state index contributed by atoms with van der Waals surface area (Å²) in [6.07, 6.45) is 0. The van der Waals surface area contributed by atoms with E-state index in [0.29, 0.717) is 11.1 Å². The van der Waals surface area contributed by atoms with Gasteiger partial charge in [0.1, 0.15) is 0 Å². The van der Waals surface area contributed by atoms with Crippen molar-refractivity contribution in [2.75, 3.05) is 7.05 Å². The molecule has 3 nitrogen and oxygen atoms in total. The molecule has 0 saturated carbocycles. The van der Waals surface area contributed by atoms with Crippen molar-refractivity contribution in [1.82, 2.24) is 4.90 Å². The average molecular weight is 379 g/mol. The molecule has 0 fully saturated rings. The molecule has 3 heteroatoms. The lowest BCUT2D eigenvalue weighted by Gasteiger charge is -2.26. The second-order valence-electron chi connectivity index (χ2n) is 7.75. The van der Waals surface area contributed by atoms with E-state index in [1.54, 1.807) is 6.07 Å². The van der Waals surface area contributed by atoms with Crippen LogP contribution < -0.4 is 0 Å². The fraction of sp³-hybridized carbons (Fsp3) is 0.154. The Kier molecular flexibility index (Phi) is 4.56. The summed E-state index contributed by atoms with van der Waals surface area (Å²) >= 11 is 0. The van der Waals surface area contributed by atoms with Gasteiger partial charge in [0, 0.05) is 23.6 Å². The van der Waals surface area contributed by atoms with Crippen LogP contribution in [0.1, 0.15) is 56.8 Å². The van der Waals surface area contributed by atoms with Gasteiger partial charge in [0.05, 0.1) is 11.1 Å². The van der Waals surface area contributed by atoms with Crippen molar-refractivity contribution in [3.63, 3.8) is 0 Å². The Morgan fingerprint density at radius 2 is 1.31 bits per heavy atom. The number of carbonyl (C=O) groups is 2. The highest BCUT2D eigenvalue weighted by Gasteiger charge is 2.34. The molecule has 1 heterocycles. The van der Waals surface area contributed by atoms with E-state index < -0.39 is 0 Å². The second kappa shape index (κ2) is 7.07. The van der Waals surface area contributed by atoms with Gasteiger partial charge in [0.2, 0.25) is 0 Å². The highest BCUT2D eigenvalue weighted by Crippen LogP contribution is 2.34. The van der Waals surface area contributed by atoms with Gasteiger partial charge in [-0.3, -0.25) is 14.5 Å². The van der Waals surface area contributed by atoms with E-state index in [4.69, 9.17) is 0 Å². The summed E-state index contributed by atoms with van der Waals surface area (Å²) in [5.41, 5.74) is 4.60. The van der Waals surface area contributed by atoms with Gasteiger partial charge in [-0.1, -0.05) is 62.1 Å². The topological polar surface area (TPSA) is 37.4 Å². The number of fused-ring (bicyclic) bond motifs is 1. The minimum absolute atomic E-state index is 0.243. The Morgan fingerprint density at radius 3 is 2.07 bits per heavy atom. The van der Waals surface area contributed by atoms with Crippen LogP contribution in [0.15, 0.2) is 72.8 Å². The van der Waals surface area contributed by atoms with E-state index in [9.17, 15) is 9.59 Å². The van der Waals surface area contributed by atoms with Crippen LogP contribution in [0.25, 0.3) is 0 Å². The number of hydrogen-bond donors (Lipinski definition) is 0. The van der Waals surface area contributed by atoms with Crippen LogP contribution in [-0.4, -0.2) is 23.8 Å². The molecule has 0 radical (unpaired) electrons. The normalized spacial score (nSPS) is 13.1. The van der Waals surface area contributed by atoms with Gasteiger partial charge in [-0.05, 0) is 47.5 Å². The minimum Gasteiger partial charge on any atom is -0.277 e. The number of rotatable bonds is 2. The lowest BCUT2D eigenvalue weighted by molar-refractivity contribution is 0.0693. The summed E-state index contributed by atoms with van der Waals surface area (Å²) in [5, 5.41) is 0. The standard InChI is InChI=1S/C26H21NO2/c1-26(2,21-14-15-22-23(17-21)25(29)27(3)24(22)28)20-11-7-10-19(16-20)13-12-18-8-5-4-6-9-18/h4-11,14-17H,1-3H3. The minimum atomic E-state index is -0.343. The number of nitrogens with zero attached hydrogens (tertiary/aromatic N) is 1. The van der Waals surface area contributed by atoms with Crippen LogP contribution in [0, 0.1) is 11.8 Å². The van der Waals surface area contributed by atoms with E-state index in [-0.39, 0.29) is 17.2 Å². The highest BCUT2D eigenvalue weighted by atomic mass is 16.2. The van der Waals surface area contributed by atoms with E-state index in [0.717, 1.165) is 22.3 Å². The van der Waals surface area contributed by atoms with Crippen molar-refractivity contribution < 1.29 is 9.59 Å². The Balaban J connectivity index is 1.69. The predicted molar refractivity (Wildman–Crippen MR) is 114 cm³/mol. The van der Waals surface area contributed by atoms with Crippen molar-refractivity contribution in [2.45, 2.75) is 19.3 Å². The first kappa shape index (κ1) is 18.7. The van der Waals surface area contributed by atoms with Crippen molar-refractivity contribution in [2.24, 2.45) is 0 Å². The molecule has 3 aromatic rings. The van der Waals surface area contributed by atoms with Crippen LogP contribution in [0.5, 0.6) is 0 Å². The Morgan fingerprint density at radius 1 is 0.690 bits per heavy atom. The zero-order valence-electron chi connectivity index (χ0n) is 16.7. The molecule has 0 saturated heterocycles. The molecule has 0 aromatic heterocycles. The lowest BCUT2D eigenvalue weighted by atomic mass is 9.77. The van der Waals surface area contributed by atoms with Gasteiger partial charge in [0.25, 0.3) is 11.8 Å². The summed E-state index contributed by atoms with van der Waals surface area (Å²) in [5.74, 6) is 5.93. The van der Waals surface area contributed by atoms with E-state index >= 15 is 0 Å². The molecule has 0 atom stereocenters. The quantitative estimate of drug-likeness (QED) is 0.481. The van der Waals surface area contributed by atoms with Gasteiger partial charge in [-0.15, -0.1) is 0 Å². The van der Waals surface area contributed by atoms with Crippen molar-refractivity contribution in [3.8, 4) is 11.8 Å². The van der Waals surface area contributed by atoms with E-state index in [1.807, 2.05) is 54.6 Å². The molecular formula is C26H21NO2. The fourth-order valence-corrected chi connectivity index (χ4v) is 3.57. The maximum absolute atomic E-state index is 12.4. The summed E-state index contributed by atoms with van der Waals surface area (Å²) in [4.78, 5) is 25.7. The molecule has 1 aliphatic heterocycles. The van der Waals surface area contributed by atoms with Crippen LogP contribution in [0.2, 0.25) is 0 Å². The highest BCUT2D eigenvalue weighted by molar-refractivity contribution is 6.21. The van der Waals surface area contributed by atoms with Crippen LogP contribution in [0.3, 0.4) is 0 Å². The SMILES string of the molecule is CN1C(=O)c2ccc(C(C)(C)c3cccc(C#Cc4ccccc4)c3)cc2C1=O. The maximum atomic E-state index is 12.4. The summed E-state index contributed by atoms with van der Waals surface area (Å²) in [6.45, 7) is 4.23. The lowest BCUT2D eigenvalue weighted by Crippen LogP contribution is -2.24. The van der Waals surface area contributed by atoms with Crippen molar-refractivity contribution >= 4 is 11.8 Å². The molecule has 0 unspecified atom stereocenters. The van der Waals surface area contributed by atoms with E-state index in [1.165, 1.54) is 11.9 Å². The van der Waals surface area contributed by atoms with Gasteiger partial charge >= 0.3 is 0 Å². The molecule has 29 heavy (non-hydrogen) atoms. The summed E-state index contributed by atoms with van der Waals surface area (Å²) < 4.78 is 0. The summed E-state index contributed by atoms with van der Waals surface area (Å²) in [7, 11) is 1.52. The Bertz CT molecular complexity index is 1180. The number of carbonyl (C=O) groups excluding carboxylic acids is 2. The zero-order valence-corrected chi connectivity index (χ0v) is 16.7. The molecule has 0 spiro atoms. The average Bonchev–Trinajstić information content (AvgIpc) is 2.97. The van der Waals surface area contributed by atoms with Crippen LogP contribution >= 0.6 is 0 Å². The van der Waals surface area contributed by atoms with Crippen LogP contribution in [-0.2, 0) is 5.41 Å². The molecule has 0 N–H and O–H groups in total. The largest absolute Gasteiger partial charge is 0.277 e. The molecule has 3 aromatic carbocycles. The first-order chi connectivity index (χ1) is 13.9. The third kappa shape index (κ3) is 3.34. The maximum Gasteiger partial charge on any atom is 0.261 e. The Labute approximate surface area is 171 Å². The summed E-state index contributed by atoms with van der Waals surface area (Å²) in [6, 6.07) is 23.6. The number of benzene rings is 3. The third-order valence-corrected chi connectivity index (χ3v) is 5.52. The van der Waals surface area contributed by atoms with Gasteiger partial charge in [-0.25, -0.2) is 0 Å². The molecule has 0 bridgehead atoms. The molecule has 1 aliphatic rings. The predicted octanol–water partition coefficient (Wildman–Crippen LogP) is 4.64. The second-order valence-corrected chi connectivity index (χ2v) is 7.75. The van der Waals surface area contributed by atoms with Crippen molar-refractivity contribution in [1.29, 1.82) is 0 Å². The first-order valence-electron chi connectivity index (χ1n) is 9.52. The Hall–Kier alpha value is -3.64. The smallest absolute Gasteiger partial charge is 0.261 e. The van der Waals surface area contributed by atoms with Crippen LogP contribution in [0.4, 0.5) is 0 Å². The molecule has 0 aliphatic carbocycles. The molecular weight excluding hydrogens is 358 g/mol.